The Balaban J connectivity index is 1.58. The highest BCUT2D eigenvalue weighted by atomic mass is 32.2. The molecule has 0 bridgehead atoms. The third-order valence-electron chi connectivity index (χ3n) is 6.31. The fraction of sp³-hybridized carbons (Fsp3) is 0.370. The molecule has 1 aliphatic carbocycles. The second-order valence-electron chi connectivity index (χ2n) is 9.77. The summed E-state index contributed by atoms with van der Waals surface area (Å²) in [7, 11) is 0. The molecule has 176 valence electrons. The third kappa shape index (κ3) is 4.37. The summed E-state index contributed by atoms with van der Waals surface area (Å²) < 4.78 is 8.18. The van der Waals surface area contributed by atoms with Gasteiger partial charge in [0.15, 0.2) is 5.78 Å². The SMILES string of the molecule is CCSc1nc2n(n1)C(c1ccccc1OCc1ccc(C)cc1)C1=C(CC(C)(C)CC1=O)N2. The van der Waals surface area contributed by atoms with Crippen LogP contribution in [0.25, 0.3) is 0 Å². The van der Waals surface area contributed by atoms with Crippen LogP contribution in [0.5, 0.6) is 5.75 Å². The number of carbonyl (C=O) groups is 1. The Morgan fingerprint density at radius 3 is 2.68 bits per heavy atom. The molecule has 6 nitrogen and oxygen atoms in total. The number of allylic oxidation sites excluding steroid dienone is 2. The Kier molecular flexibility index (Phi) is 5.98. The molecular formula is C27H30N4O2S. The summed E-state index contributed by atoms with van der Waals surface area (Å²) in [5.74, 6) is 2.47. The first kappa shape index (κ1) is 22.7. The highest BCUT2D eigenvalue weighted by Gasteiger charge is 2.42. The van der Waals surface area contributed by atoms with Crippen molar-refractivity contribution in [3.05, 3.63) is 76.5 Å². The molecular weight excluding hydrogens is 444 g/mol. The molecule has 1 unspecified atom stereocenters. The number of Topliss-reactive ketones (excluding diaryl/α,β-unsaturated/α-hetero) is 1. The van der Waals surface area contributed by atoms with Gasteiger partial charge in [-0.25, -0.2) is 4.68 Å². The molecule has 3 aromatic rings. The number of benzene rings is 2. The number of thioether (sulfide) groups is 1. The largest absolute Gasteiger partial charge is 0.489 e. The van der Waals surface area contributed by atoms with Crippen LogP contribution < -0.4 is 10.1 Å². The van der Waals surface area contributed by atoms with E-state index >= 15 is 0 Å². The zero-order valence-electron chi connectivity index (χ0n) is 20.1. The van der Waals surface area contributed by atoms with Gasteiger partial charge in [0, 0.05) is 23.3 Å². The van der Waals surface area contributed by atoms with Gasteiger partial charge >= 0.3 is 0 Å². The van der Waals surface area contributed by atoms with Gasteiger partial charge in [0.1, 0.15) is 18.4 Å². The number of rotatable bonds is 6. The summed E-state index contributed by atoms with van der Waals surface area (Å²) in [6.07, 6.45) is 1.30. The predicted molar refractivity (Wildman–Crippen MR) is 135 cm³/mol. The first-order valence-corrected chi connectivity index (χ1v) is 12.7. The summed E-state index contributed by atoms with van der Waals surface area (Å²) in [5.41, 5.74) is 4.87. The minimum atomic E-state index is -0.372. The van der Waals surface area contributed by atoms with Gasteiger partial charge in [-0.3, -0.25) is 4.79 Å². The van der Waals surface area contributed by atoms with Crippen LogP contribution in [0.1, 0.15) is 56.3 Å². The number of nitrogens with one attached hydrogen (secondary N) is 1. The molecule has 0 amide bonds. The van der Waals surface area contributed by atoms with Crippen LogP contribution >= 0.6 is 11.8 Å². The molecule has 0 saturated heterocycles. The van der Waals surface area contributed by atoms with Crippen molar-refractivity contribution in [3.63, 3.8) is 0 Å². The molecule has 2 heterocycles. The van der Waals surface area contributed by atoms with Crippen molar-refractivity contribution in [1.29, 1.82) is 0 Å². The van der Waals surface area contributed by atoms with Crippen molar-refractivity contribution in [2.75, 3.05) is 11.1 Å². The maximum Gasteiger partial charge on any atom is 0.227 e. The summed E-state index contributed by atoms with van der Waals surface area (Å²) in [4.78, 5) is 18.2. The monoisotopic (exact) mass is 474 g/mol. The molecule has 5 rings (SSSR count). The van der Waals surface area contributed by atoms with E-state index in [1.54, 1.807) is 11.8 Å². The number of hydrogen-bond acceptors (Lipinski definition) is 6. The summed E-state index contributed by atoms with van der Waals surface area (Å²) in [5, 5.41) is 8.94. The lowest BCUT2D eigenvalue weighted by atomic mass is 9.73. The van der Waals surface area contributed by atoms with Crippen molar-refractivity contribution in [3.8, 4) is 5.75 Å². The van der Waals surface area contributed by atoms with Gasteiger partial charge in [-0.05, 0) is 36.1 Å². The van der Waals surface area contributed by atoms with Gasteiger partial charge in [-0.1, -0.05) is 80.6 Å². The van der Waals surface area contributed by atoms with E-state index in [0.717, 1.165) is 40.3 Å². The zero-order chi connectivity index (χ0) is 23.9. The molecule has 1 aliphatic heterocycles. The fourth-order valence-electron chi connectivity index (χ4n) is 4.75. The average Bonchev–Trinajstić information content (AvgIpc) is 3.19. The van der Waals surface area contributed by atoms with Crippen LogP contribution in [0.3, 0.4) is 0 Å². The maximum absolute atomic E-state index is 13.5. The molecule has 1 N–H and O–H groups in total. The molecule has 7 heteroatoms. The Morgan fingerprint density at radius 2 is 1.91 bits per heavy atom. The van der Waals surface area contributed by atoms with Crippen molar-refractivity contribution in [2.45, 2.75) is 58.3 Å². The van der Waals surface area contributed by atoms with Crippen LogP contribution in [0.15, 0.2) is 65.0 Å². The second-order valence-corrected chi connectivity index (χ2v) is 11.0. The molecule has 0 saturated carbocycles. The number of fused-ring (bicyclic) bond motifs is 1. The van der Waals surface area contributed by atoms with Gasteiger partial charge in [-0.2, -0.15) is 4.98 Å². The van der Waals surface area contributed by atoms with Crippen LogP contribution in [0.2, 0.25) is 0 Å². The number of aromatic nitrogens is 3. The molecule has 2 aromatic carbocycles. The lowest BCUT2D eigenvalue weighted by molar-refractivity contribution is -0.118. The van der Waals surface area contributed by atoms with Gasteiger partial charge in [0.05, 0.1) is 0 Å². The number of hydrogen-bond donors (Lipinski definition) is 1. The van der Waals surface area contributed by atoms with E-state index in [1.807, 2.05) is 28.9 Å². The number of carbonyl (C=O) groups excluding carboxylic acids is 1. The van der Waals surface area contributed by atoms with Crippen LogP contribution in [0, 0.1) is 12.3 Å². The minimum Gasteiger partial charge on any atom is -0.489 e. The van der Waals surface area contributed by atoms with E-state index in [1.165, 1.54) is 5.56 Å². The lowest BCUT2D eigenvalue weighted by Gasteiger charge is -2.38. The average molecular weight is 475 g/mol. The molecule has 1 atom stereocenters. The number of ketones is 1. The quantitative estimate of drug-likeness (QED) is 0.446. The third-order valence-corrected chi connectivity index (χ3v) is 7.03. The van der Waals surface area contributed by atoms with Crippen molar-refractivity contribution < 1.29 is 9.53 Å². The van der Waals surface area contributed by atoms with E-state index < -0.39 is 0 Å². The minimum absolute atomic E-state index is 0.0991. The van der Waals surface area contributed by atoms with Crippen molar-refractivity contribution >= 4 is 23.5 Å². The number of ether oxygens (including phenoxy) is 1. The van der Waals surface area contributed by atoms with Crippen molar-refractivity contribution in [1.82, 2.24) is 14.8 Å². The molecule has 0 spiro atoms. The van der Waals surface area contributed by atoms with Gasteiger partial charge in [-0.15, -0.1) is 5.10 Å². The van der Waals surface area contributed by atoms with Crippen molar-refractivity contribution in [2.24, 2.45) is 5.41 Å². The Hall–Kier alpha value is -3.06. The summed E-state index contributed by atoms with van der Waals surface area (Å²) in [6, 6.07) is 15.9. The van der Waals surface area contributed by atoms with Crippen LogP contribution in [0.4, 0.5) is 5.95 Å². The number of para-hydroxylation sites is 1. The molecule has 1 aromatic heterocycles. The lowest BCUT2D eigenvalue weighted by Crippen LogP contribution is -2.36. The molecule has 0 radical (unpaired) electrons. The topological polar surface area (TPSA) is 69.0 Å². The number of anilines is 1. The predicted octanol–water partition coefficient (Wildman–Crippen LogP) is 5.94. The highest BCUT2D eigenvalue weighted by Crippen LogP contribution is 2.47. The molecule has 2 aliphatic rings. The Morgan fingerprint density at radius 1 is 1.15 bits per heavy atom. The summed E-state index contributed by atoms with van der Waals surface area (Å²) in [6.45, 7) is 8.89. The second kappa shape index (κ2) is 8.95. The first-order chi connectivity index (χ1) is 16.3. The Labute approximate surface area is 204 Å². The van der Waals surface area contributed by atoms with Gasteiger partial charge in [0.25, 0.3) is 0 Å². The van der Waals surface area contributed by atoms with Gasteiger partial charge in [0.2, 0.25) is 11.1 Å². The smallest absolute Gasteiger partial charge is 0.227 e. The van der Waals surface area contributed by atoms with E-state index in [0.29, 0.717) is 24.1 Å². The normalized spacial score (nSPS) is 18.8. The van der Waals surface area contributed by atoms with Crippen LogP contribution in [-0.4, -0.2) is 26.3 Å². The van der Waals surface area contributed by atoms with E-state index in [4.69, 9.17) is 14.8 Å². The van der Waals surface area contributed by atoms with E-state index in [2.05, 4.69) is 57.3 Å². The van der Waals surface area contributed by atoms with Crippen LogP contribution in [-0.2, 0) is 11.4 Å². The number of aryl methyl sites for hydroxylation is 1. The van der Waals surface area contributed by atoms with E-state index in [9.17, 15) is 4.79 Å². The summed E-state index contributed by atoms with van der Waals surface area (Å²) >= 11 is 1.60. The maximum atomic E-state index is 13.5. The highest BCUT2D eigenvalue weighted by molar-refractivity contribution is 7.99. The standard InChI is InChI=1S/C27H30N4O2S/c1-5-34-26-29-25-28-20-14-27(3,4)15-21(32)23(20)24(31(25)30-26)19-8-6-7-9-22(19)33-16-18-12-10-17(2)11-13-18/h6-13,24H,5,14-16H2,1-4H3,(H,28,29,30). The fourth-order valence-corrected chi connectivity index (χ4v) is 5.31. The number of nitrogens with zero attached hydrogens (tertiary/aromatic N) is 3. The molecule has 34 heavy (non-hydrogen) atoms. The molecule has 0 fully saturated rings. The first-order valence-electron chi connectivity index (χ1n) is 11.7. The Bertz CT molecular complexity index is 1260. The zero-order valence-corrected chi connectivity index (χ0v) is 20.9. The van der Waals surface area contributed by atoms with Gasteiger partial charge < -0.3 is 10.1 Å². The van der Waals surface area contributed by atoms with E-state index in [-0.39, 0.29) is 17.2 Å².